The van der Waals surface area contributed by atoms with Gasteiger partial charge in [-0.2, -0.15) is 4.31 Å². The first-order valence-corrected chi connectivity index (χ1v) is 10.2. The second kappa shape index (κ2) is 8.34. The zero-order chi connectivity index (χ0) is 21.2. The Morgan fingerprint density at radius 3 is 2.28 bits per heavy atom. The normalized spacial score (nSPS) is 15.2. The van der Waals surface area contributed by atoms with Gasteiger partial charge in [-0.15, -0.1) is 0 Å². The third-order valence-electron chi connectivity index (χ3n) is 4.67. The van der Waals surface area contributed by atoms with Crippen LogP contribution in [0.3, 0.4) is 0 Å². The average molecular weight is 426 g/mol. The third kappa shape index (κ3) is 4.18. The fourth-order valence-electron chi connectivity index (χ4n) is 3.09. The van der Waals surface area contributed by atoms with Crippen molar-refractivity contribution in [2.75, 3.05) is 40.4 Å². The van der Waals surface area contributed by atoms with E-state index < -0.39 is 27.6 Å². The maximum Gasteiger partial charge on any atom is 0.257 e. The van der Waals surface area contributed by atoms with Crippen LogP contribution < -0.4 is 9.47 Å². The number of hydrogen-bond donors (Lipinski definition) is 0. The van der Waals surface area contributed by atoms with Crippen molar-refractivity contribution in [3.8, 4) is 11.5 Å². The van der Waals surface area contributed by atoms with Crippen LogP contribution in [0.25, 0.3) is 0 Å². The molecule has 0 N–H and O–H groups in total. The van der Waals surface area contributed by atoms with Gasteiger partial charge in [0.15, 0.2) is 0 Å². The molecule has 0 radical (unpaired) electrons. The van der Waals surface area contributed by atoms with Gasteiger partial charge in [0.25, 0.3) is 5.91 Å². The second-order valence-electron chi connectivity index (χ2n) is 6.34. The SMILES string of the molecule is COc1ccc(OC)c(S(=O)(=O)N2CCN(C(=O)c3cc(F)ccc3F)CC2)c1. The van der Waals surface area contributed by atoms with E-state index in [1.807, 2.05) is 0 Å². The molecule has 1 fully saturated rings. The number of sulfonamides is 1. The molecule has 0 bridgehead atoms. The number of benzene rings is 2. The molecule has 10 heteroatoms. The van der Waals surface area contributed by atoms with Crippen molar-refractivity contribution in [3.63, 3.8) is 0 Å². The Labute approximate surface area is 167 Å². The maximum atomic E-state index is 13.9. The van der Waals surface area contributed by atoms with Gasteiger partial charge >= 0.3 is 0 Å². The van der Waals surface area contributed by atoms with Gasteiger partial charge in [0, 0.05) is 32.2 Å². The van der Waals surface area contributed by atoms with E-state index in [0.29, 0.717) is 5.75 Å². The molecule has 0 saturated carbocycles. The minimum absolute atomic E-state index is 0.00533. The Bertz CT molecular complexity index is 1020. The van der Waals surface area contributed by atoms with Crippen LogP contribution >= 0.6 is 0 Å². The topological polar surface area (TPSA) is 76.2 Å². The Morgan fingerprint density at radius 2 is 1.66 bits per heavy atom. The molecule has 1 heterocycles. The smallest absolute Gasteiger partial charge is 0.257 e. The van der Waals surface area contributed by atoms with Crippen LogP contribution in [0.15, 0.2) is 41.3 Å². The maximum absolute atomic E-state index is 13.9. The summed E-state index contributed by atoms with van der Waals surface area (Å²) in [6, 6.07) is 7.10. The second-order valence-corrected chi connectivity index (χ2v) is 8.24. The highest BCUT2D eigenvalue weighted by Gasteiger charge is 2.33. The molecular formula is C19H20F2N2O5S. The molecule has 1 aliphatic heterocycles. The molecule has 0 unspecified atom stereocenters. The number of methoxy groups -OCH3 is 2. The number of hydrogen-bond acceptors (Lipinski definition) is 5. The highest BCUT2D eigenvalue weighted by molar-refractivity contribution is 7.89. The van der Waals surface area contributed by atoms with Crippen molar-refractivity contribution in [3.05, 3.63) is 53.6 Å². The van der Waals surface area contributed by atoms with Crippen LogP contribution in [0.5, 0.6) is 11.5 Å². The Hall–Kier alpha value is -2.72. The summed E-state index contributed by atoms with van der Waals surface area (Å²) in [6.07, 6.45) is 0. The van der Waals surface area contributed by atoms with Crippen molar-refractivity contribution in [1.29, 1.82) is 0 Å². The van der Waals surface area contributed by atoms with E-state index in [4.69, 9.17) is 9.47 Å². The molecule has 2 aromatic rings. The summed E-state index contributed by atoms with van der Waals surface area (Å²) in [4.78, 5) is 13.8. The van der Waals surface area contributed by atoms with Gasteiger partial charge in [-0.25, -0.2) is 17.2 Å². The minimum Gasteiger partial charge on any atom is -0.497 e. The largest absolute Gasteiger partial charge is 0.497 e. The first-order chi connectivity index (χ1) is 13.8. The van der Waals surface area contributed by atoms with Gasteiger partial charge in [0.2, 0.25) is 10.0 Å². The summed E-state index contributed by atoms with van der Waals surface area (Å²) >= 11 is 0. The van der Waals surface area contributed by atoms with Crippen molar-refractivity contribution >= 4 is 15.9 Å². The first kappa shape index (κ1) is 21.0. The van der Waals surface area contributed by atoms with Crippen molar-refractivity contribution in [2.24, 2.45) is 0 Å². The molecule has 0 spiro atoms. The number of halogens is 2. The molecule has 0 atom stereocenters. The zero-order valence-corrected chi connectivity index (χ0v) is 16.7. The summed E-state index contributed by atoms with van der Waals surface area (Å²) < 4.78 is 64.8. The summed E-state index contributed by atoms with van der Waals surface area (Å²) in [6.45, 7) is 0.0946. The molecule has 1 aliphatic rings. The van der Waals surface area contributed by atoms with Crippen LogP contribution in [0.1, 0.15) is 10.4 Å². The third-order valence-corrected chi connectivity index (χ3v) is 6.59. The molecule has 7 nitrogen and oxygen atoms in total. The van der Waals surface area contributed by atoms with Gasteiger partial charge in [0.1, 0.15) is 28.0 Å². The van der Waals surface area contributed by atoms with Gasteiger partial charge in [-0.05, 0) is 30.3 Å². The van der Waals surface area contributed by atoms with Gasteiger partial charge in [-0.1, -0.05) is 0 Å². The number of nitrogens with zero attached hydrogens (tertiary/aromatic N) is 2. The number of carbonyl (C=O) groups is 1. The number of amides is 1. The van der Waals surface area contributed by atoms with E-state index in [1.54, 1.807) is 6.07 Å². The standard InChI is InChI=1S/C19H20F2N2O5S/c1-27-14-4-6-17(28-2)18(12-14)29(25,26)23-9-7-22(8-10-23)19(24)15-11-13(20)3-5-16(15)21/h3-6,11-12H,7-10H2,1-2H3. The predicted molar refractivity (Wildman–Crippen MR) is 101 cm³/mol. The summed E-state index contributed by atoms with van der Waals surface area (Å²) in [5, 5.41) is 0. The molecular weight excluding hydrogens is 406 g/mol. The first-order valence-electron chi connectivity index (χ1n) is 8.74. The predicted octanol–water partition coefficient (Wildman–Crippen LogP) is 2.13. The van der Waals surface area contributed by atoms with E-state index >= 15 is 0 Å². The minimum atomic E-state index is -3.91. The van der Waals surface area contributed by atoms with E-state index in [0.717, 1.165) is 18.2 Å². The number of piperazine rings is 1. The van der Waals surface area contributed by atoms with Crippen LogP contribution in [-0.2, 0) is 10.0 Å². The summed E-state index contributed by atoms with van der Waals surface area (Å²) in [7, 11) is -1.12. The fourth-order valence-corrected chi connectivity index (χ4v) is 4.68. The number of carbonyl (C=O) groups excluding carboxylic acids is 1. The lowest BCUT2D eigenvalue weighted by Crippen LogP contribution is -2.50. The molecule has 29 heavy (non-hydrogen) atoms. The lowest BCUT2D eigenvalue weighted by molar-refractivity contribution is 0.0692. The van der Waals surface area contributed by atoms with E-state index in [9.17, 15) is 22.0 Å². The van der Waals surface area contributed by atoms with Crippen LogP contribution in [0, 0.1) is 11.6 Å². The van der Waals surface area contributed by atoms with Crippen molar-refractivity contribution in [1.82, 2.24) is 9.21 Å². The molecule has 0 aromatic heterocycles. The monoisotopic (exact) mass is 426 g/mol. The summed E-state index contributed by atoms with van der Waals surface area (Å²) in [5.41, 5.74) is -0.379. The van der Waals surface area contributed by atoms with Gasteiger partial charge < -0.3 is 14.4 Å². The van der Waals surface area contributed by atoms with Crippen LogP contribution in [-0.4, -0.2) is 63.9 Å². The quantitative estimate of drug-likeness (QED) is 0.732. The van der Waals surface area contributed by atoms with E-state index in [1.165, 1.54) is 35.6 Å². The molecule has 3 rings (SSSR count). The molecule has 1 amide bonds. The van der Waals surface area contributed by atoms with E-state index in [-0.39, 0.29) is 42.4 Å². The fraction of sp³-hybridized carbons (Fsp3) is 0.316. The van der Waals surface area contributed by atoms with Crippen molar-refractivity contribution in [2.45, 2.75) is 4.90 Å². The van der Waals surface area contributed by atoms with E-state index in [2.05, 4.69) is 0 Å². The Morgan fingerprint density at radius 1 is 0.966 bits per heavy atom. The lowest BCUT2D eigenvalue weighted by Gasteiger charge is -2.34. The molecule has 0 aliphatic carbocycles. The summed E-state index contributed by atoms with van der Waals surface area (Å²) in [5.74, 6) is -1.70. The number of rotatable bonds is 5. The zero-order valence-electron chi connectivity index (χ0n) is 15.9. The lowest BCUT2D eigenvalue weighted by atomic mass is 10.1. The average Bonchev–Trinajstić information content (AvgIpc) is 2.74. The number of ether oxygens (including phenoxy) is 2. The van der Waals surface area contributed by atoms with Gasteiger partial charge in [0.05, 0.1) is 19.8 Å². The molecule has 1 saturated heterocycles. The van der Waals surface area contributed by atoms with Crippen molar-refractivity contribution < 1.29 is 31.5 Å². The van der Waals surface area contributed by atoms with Crippen LogP contribution in [0.2, 0.25) is 0 Å². The Kier molecular flexibility index (Phi) is 6.04. The molecule has 156 valence electrons. The molecule has 2 aromatic carbocycles. The van der Waals surface area contributed by atoms with Gasteiger partial charge in [-0.3, -0.25) is 4.79 Å². The highest BCUT2D eigenvalue weighted by Crippen LogP contribution is 2.31. The van der Waals surface area contributed by atoms with Crippen LogP contribution in [0.4, 0.5) is 8.78 Å². The highest BCUT2D eigenvalue weighted by atomic mass is 32.2. The Balaban J connectivity index is 1.78.